The van der Waals surface area contributed by atoms with Gasteiger partial charge in [0.05, 0.1) is 0 Å². The smallest absolute Gasteiger partial charge is 0.194 e. The predicted molar refractivity (Wildman–Crippen MR) is 128 cm³/mol. The molecule has 1 saturated carbocycles. The lowest BCUT2D eigenvalue weighted by molar-refractivity contribution is 0.264. The molecule has 1 atom stereocenters. The molecule has 1 unspecified atom stereocenters. The van der Waals surface area contributed by atoms with Gasteiger partial charge >= 0.3 is 0 Å². The molecule has 1 spiro atoms. The zero-order chi connectivity index (χ0) is 19.6. The molecule has 1 aromatic heterocycles. The fourth-order valence-electron chi connectivity index (χ4n) is 5.40. The molecule has 0 aromatic carbocycles. The van der Waals surface area contributed by atoms with Crippen LogP contribution in [0.5, 0.6) is 0 Å². The first-order valence-corrected chi connectivity index (χ1v) is 11.2. The molecule has 8 heteroatoms. The van der Waals surface area contributed by atoms with E-state index in [1.807, 2.05) is 18.5 Å². The van der Waals surface area contributed by atoms with Crippen molar-refractivity contribution in [3.05, 3.63) is 11.6 Å². The van der Waals surface area contributed by atoms with Gasteiger partial charge in [0.1, 0.15) is 12.4 Å². The van der Waals surface area contributed by atoms with Crippen LogP contribution in [0, 0.1) is 12.3 Å². The van der Waals surface area contributed by atoms with Gasteiger partial charge in [-0.05, 0) is 57.5 Å². The van der Waals surface area contributed by atoms with Crippen LogP contribution in [0.25, 0.3) is 0 Å². The topological polar surface area (TPSA) is 61.6 Å². The monoisotopic (exact) mass is 515 g/mol. The maximum atomic E-state index is 5.01. The predicted octanol–water partition coefficient (Wildman–Crippen LogP) is 2.94. The number of halogens is 1. The molecule has 3 heterocycles. The maximum Gasteiger partial charge on any atom is 0.194 e. The van der Waals surface area contributed by atoms with Gasteiger partial charge in [-0.3, -0.25) is 4.90 Å². The van der Waals surface area contributed by atoms with Crippen molar-refractivity contribution in [1.29, 1.82) is 0 Å². The van der Waals surface area contributed by atoms with E-state index in [1.165, 1.54) is 58.0 Å². The Morgan fingerprint density at radius 2 is 1.97 bits per heavy atom. The number of hydrogen-bond donors (Lipinski definition) is 1. The third kappa shape index (κ3) is 5.06. The minimum Gasteiger partial charge on any atom is -0.355 e. The lowest BCUT2D eigenvalue weighted by Crippen LogP contribution is -2.46. The largest absolute Gasteiger partial charge is 0.355 e. The molecule has 4 rings (SSSR count). The Labute approximate surface area is 192 Å². The van der Waals surface area contributed by atoms with E-state index in [9.17, 15) is 0 Å². The molecule has 1 aromatic rings. The van der Waals surface area contributed by atoms with Crippen LogP contribution >= 0.6 is 24.0 Å². The first-order valence-electron chi connectivity index (χ1n) is 11.2. The molecule has 29 heavy (non-hydrogen) atoms. The Bertz CT molecular complexity index is 695. The average Bonchev–Trinajstić information content (AvgIpc) is 3.48. The number of likely N-dealkylation sites (N-methyl/N-ethyl adjacent to an activating group) is 1. The van der Waals surface area contributed by atoms with Crippen molar-refractivity contribution in [2.45, 2.75) is 71.4 Å². The van der Waals surface area contributed by atoms with Gasteiger partial charge in [0, 0.05) is 32.7 Å². The number of likely N-dealkylation sites (tertiary alicyclic amines) is 2. The zero-order valence-electron chi connectivity index (χ0n) is 18.4. The summed E-state index contributed by atoms with van der Waals surface area (Å²) in [6.07, 6.45) is 9.52. The van der Waals surface area contributed by atoms with Crippen molar-refractivity contribution in [3.63, 3.8) is 0 Å². The Kier molecular flexibility index (Phi) is 7.81. The van der Waals surface area contributed by atoms with Crippen molar-refractivity contribution in [2.24, 2.45) is 17.5 Å². The quantitative estimate of drug-likeness (QED) is 0.371. The Balaban J connectivity index is 0.00000240. The standard InChI is InChI=1S/C21H37N7.HI/c1-4-27-12-7-8-18(27)14-22-20(23-15-19-25-24-17(2)26(19)3)28-13-11-21(16-28)9-5-6-10-21;/h18H,4-16H2,1-3H3,(H,22,23);1H. The lowest BCUT2D eigenvalue weighted by Gasteiger charge is -2.28. The molecular formula is C21H38IN7. The molecule has 2 saturated heterocycles. The molecule has 0 amide bonds. The van der Waals surface area contributed by atoms with Crippen LogP contribution in [0.15, 0.2) is 4.99 Å². The molecule has 0 bridgehead atoms. The Hall–Kier alpha value is -0.900. The highest BCUT2D eigenvalue weighted by atomic mass is 127. The van der Waals surface area contributed by atoms with E-state index in [4.69, 9.17) is 4.99 Å². The van der Waals surface area contributed by atoms with Gasteiger partial charge in [-0.2, -0.15) is 0 Å². The number of guanidine groups is 1. The van der Waals surface area contributed by atoms with Crippen LogP contribution in [-0.2, 0) is 13.6 Å². The Morgan fingerprint density at radius 3 is 2.66 bits per heavy atom. The summed E-state index contributed by atoms with van der Waals surface area (Å²) in [4.78, 5) is 10.1. The first kappa shape index (κ1) is 22.8. The van der Waals surface area contributed by atoms with E-state index in [-0.39, 0.29) is 24.0 Å². The molecule has 1 N–H and O–H groups in total. The number of nitrogens with one attached hydrogen (secondary N) is 1. The van der Waals surface area contributed by atoms with Crippen molar-refractivity contribution >= 4 is 29.9 Å². The number of aryl methyl sites for hydroxylation is 1. The zero-order valence-corrected chi connectivity index (χ0v) is 20.7. The maximum absolute atomic E-state index is 5.01. The van der Waals surface area contributed by atoms with Crippen molar-refractivity contribution in [3.8, 4) is 0 Å². The highest BCUT2D eigenvalue weighted by Crippen LogP contribution is 2.45. The van der Waals surface area contributed by atoms with Crippen LogP contribution in [0.1, 0.15) is 63.5 Å². The van der Waals surface area contributed by atoms with E-state index in [2.05, 4.69) is 32.2 Å². The molecule has 3 aliphatic rings. The summed E-state index contributed by atoms with van der Waals surface area (Å²) in [6, 6.07) is 0.635. The molecule has 3 fully saturated rings. The molecule has 2 aliphatic heterocycles. The van der Waals surface area contributed by atoms with Gasteiger partial charge in [-0.25, -0.2) is 4.99 Å². The molecule has 1 aliphatic carbocycles. The third-order valence-corrected chi connectivity index (χ3v) is 7.36. The fourth-order valence-corrected chi connectivity index (χ4v) is 5.40. The van der Waals surface area contributed by atoms with Gasteiger partial charge in [0.2, 0.25) is 0 Å². The molecular weight excluding hydrogens is 477 g/mol. The summed E-state index contributed by atoms with van der Waals surface area (Å²) in [5.41, 5.74) is 0.548. The fraction of sp³-hybridized carbons (Fsp3) is 0.857. The van der Waals surface area contributed by atoms with Gasteiger partial charge in [-0.15, -0.1) is 34.2 Å². The number of rotatable bonds is 5. The summed E-state index contributed by atoms with van der Waals surface area (Å²) in [5, 5.41) is 12.2. The van der Waals surface area contributed by atoms with Crippen molar-refractivity contribution < 1.29 is 0 Å². The van der Waals surface area contributed by atoms with Crippen LogP contribution in [0.3, 0.4) is 0 Å². The minimum absolute atomic E-state index is 0. The first-order chi connectivity index (χ1) is 13.6. The van der Waals surface area contributed by atoms with Crippen LogP contribution < -0.4 is 5.32 Å². The van der Waals surface area contributed by atoms with E-state index in [0.717, 1.165) is 37.2 Å². The highest BCUT2D eigenvalue weighted by molar-refractivity contribution is 14.0. The van der Waals surface area contributed by atoms with Gasteiger partial charge in [0.15, 0.2) is 11.8 Å². The second-order valence-electron chi connectivity index (χ2n) is 9.05. The van der Waals surface area contributed by atoms with Gasteiger partial charge in [-0.1, -0.05) is 19.8 Å². The molecule has 0 radical (unpaired) electrons. The highest BCUT2D eigenvalue weighted by Gasteiger charge is 2.41. The summed E-state index contributed by atoms with van der Waals surface area (Å²) >= 11 is 0. The van der Waals surface area contributed by atoms with Crippen LogP contribution in [0.2, 0.25) is 0 Å². The number of aromatic nitrogens is 3. The van der Waals surface area contributed by atoms with Gasteiger partial charge < -0.3 is 14.8 Å². The summed E-state index contributed by atoms with van der Waals surface area (Å²) < 4.78 is 2.04. The third-order valence-electron chi connectivity index (χ3n) is 7.36. The van der Waals surface area contributed by atoms with Crippen molar-refractivity contribution in [1.82, 2.24) is 29.9 Å². The summed E-state index contributed by atoms with van der Waals surface area (Å²) in [6.45, 7) is 10.5. The van der Waals surface area contributed by atoms with Crippen LogP contribution in [0.4, 0.5) is 0 Å². The average molecular weight is 515 g/mol. The number of hydrogen-bond acceptors (Lipinski definition) is 4. The van der Waals surface area contributed by atoms with E-state index < -0.39 is 0 Å². The van der Waals surface area contributed by atoms with E-state index in [1.54, 1.807) is 0 Å². The second kappa shape index (κ2) is 9.94. The second-order valence-corrected chi connectivity index (χ2v) is 9.05. The molecule has 164 valence electrons. The van der Waals surface area contributed by atoms with Crippen molar-refractivity contribution in [2.75, 3.05) is 32.7 Å². The van der Waals surface area contributed by atoms with E-state index >= 15 is 0 Å². The Morgan fingerprint density at radius 1 is 1.17 bits per heavy atom. The molecule has 7 nitrogen and oxygen atoms in total. The normalized spacial score (nSPS) is 24.4. The number of aliphatic imine (C=N–C) groups is 1. The minimum atomic E-state index is 0. The van der Waals surface area contributed by atoms with Crippen LogP contribution in [-0.4, -0.2) is 69.3 Å². The van der Waals surface area contributed by atoms with Gasteiger partial charge in [0.25, 0.3) is 0 Å². The summed E-state index contributed by atoms with van der Waals surface area (Å²) in [7, 11) is 2.02. The lowest BCUT2D eigenvalue weighted by atomic mass is 9.86. The van der Waals surface area contributed by atoms with E-state index in [0.29, 0.717) is 18.0 Å². The number of nitrogens with zero attached hydrogens (tertiary/aromatic N) is 6. The summed E-state index contributed by atoms with van der Waals surface area (Å²) in [5.74, 6) is 2.95. The SMILES string of the molecule is CCN1CCCC1CNC(=NCc1nnc(C)n1C)N1CCC2(CCCC2)C1.I.